The molecule has 0 aliphatic rings. The van der Waals surface area contributed by atoms with Crippen LogP contribution in [0.3, 0.4) is 0 Å². The summed E-state index contributed by atoms with van der Waals surface area (Å²) in [7, 11) is 0. The Morgan fingerprint density at radius 3 is 1.61 bits per heavy atom. The molecular formula is C22H26N4O2. The molecule has 2 rings (SSSR count). The van der Waals surface area contributed by atoms with Gasteiger partial charge in [0.05, 0.1) is 12.4 Å². The molecule has 28 heavy (non-hydrogen) atoms. The average molecular weight is 378 g/mol. The van der Waals surface area contributed by atoms with Gasteiger partial charge in [0.25, 0.3) is 0 Å². The molecule has 0 aliphatic heterocycles. The summed E-state index contributed by atoms with van der Waals surface area (Å²) < 4.78 is 0. The molecule has 146 valence electrons. The van der Waals surface area contributed by atoms with Gasteiger partial charge in [-0.1, -0.05) is 59.7 Å². The zero-order valence-corrected chi connectivity index (χ0v) is 16.3. The number of unbranched alkanes of at least 4 members (excludes halogenated alkanes) is 1. The number of benzene rings is 2. The fraction of sp³-hybridized carbons (Fsp3) is 0.273. The Morgan fingerprint density at radius 2 is 1.21 bits per heavy atom. The predicted molar refractivity (Wildman–Crippen MR) is 112 cm³/mol. The molecule has 0 fully saturated rings. The molecule has 6 heteroatoms. The Hall–Kier alpha value is -3.28. The summed E-state index contributed by atoms with van der Waals surface area (Å²) in [4.78, 5) is 23.5. The molecule has 0 unspecified atom stereocenters. The first kappa shape index (κ1) is 21.0. The number of aryl methyl sites for hydroxylation is 2. The highest BCUT2D eigenvalue weighted by molar-refractivity contribution is 5.83. The summed E-state index contributed by atoms with van der Waals surface area (Å²) in [6.45, 7) is 4.00. The van der Waals surface area contributed by atoms with E-state index in [1.165, 1.54) is 0 Å². The van der Waals surface area contributed by atoms with Crippen LogP contribution in [0.2, 0.25) is 0 Å². The van der Waals surface area contributed by atoms with Crippen LogP contribution in [-0.4, -0.2) is 24.2 Å². The van der Waals surface area contributed by atoms with Gasteiger partial charge < -0.3 is 0 Å². The number of carbonyl (C=O) groups excluding carboxylic acids is 2. The number of hydrogen-bond acceptors (Lipinski definition) is 4. The lowest BCUT2D eigenvalue weighted by molar-refractivity contribution is -0.123. The molecule has 0 atom stereocenters. The van der Waals surface area contributed by atoms with E-state index in [1.54, 1.807) is 12.4 Å². The van der Waals surface area contributed by atoms with Gasteiger partial charge in [0.2, 0.25) is 11.8 Å². The molecule has 0 aromatic heterocycles. The maximum atomic E-state index is 11.8. The second kappa shape index (κ2) is 11.4. The first-order valence-corrected chi connectivity index (χ1v) is 9.30. The van der Waals surface area contributed by atoms with Crippen molar-refractivity contribution in [1.82, 2.24) is 10.9 Å². The minimum Gasteiger partial charge on any atom is -0.273 e. The van der Waals surface area contributed by atoms with Crippen LogP contribution >= 0.6 is 0 Å². The van der Waals surface area contributed by atoms with Crippen LogP contribution in [0.25, 0.3) is 0 Å². The van der Waals surface area contributed by atoms with Crippen LogP contribution in [0.15, 0.2) is 58.7 Å². The Kier molecular flexibility index (Phi) is 8.59. The number of carbonyl (C=O) groups is 2. The topological polar surface area (TPSA) is 82.9 Å². The van der Waals surface area contributed by atoms with Crippen molar-refractivity contribution in [3.8, 4) is 0 Å². The molecule has 2 aromatic rings. The molecule has 2 N–H and O–H groups in total. The summed E-state index contributed by atoms with van der Waals surface area (Å²) in [5, 5.41) is 7.90. The van der Waals surface area contributed by atoms with Crippen LogP contribution < -0.4 is 10.9 Å². The maximum absolute atomic E-state index is 11.8. The van der Waals surface area contributed by atoms with Gasteiger partial charge in [-0.3, -0.25) is 9.59 Å². The van der Waals surface area contributed by atoms with Gasteiger partial charge in [-0.15, -0.1) is 0 Å². The molecule has 0 radical (unpaired) electrons. The quantitative estimate of drug-likeness (QED) is 0.398. The van der Waals surface area contributed by atoms with Gasteiger partial charge in [0, 0.05) is 12.8 Å². The molecule has 0 spiro atoms. The molecular weight excluding hydrogens is 352 g/mol. The Morgan fingerprint density at radius 1 is 0.786 bits per heavy atom. The van der Waals surface area contributed by atoms with Crippen molar-refractivity contribution in [2.45, 2.75) is 39.5 Å². The van der Waals surface area contributed by atoms with Crippen molar-refractivity contribution in [2.24, 2.45) is 10.2 Å². The van der Waals surface area contributed by atoms with Crippen LogP contribution in [-0.2, 0) is 9.59 Å². The largest absolute Gasteiger partial charge is 0.273 e. The highest BCUT2D eigenvalue weighted by Crippen LogP contribution is 2.03. The molecule has 2 aromatic carbocycles. The van der Waals surface area contributed by atoms with Gasteiger partial charge in [0.15, 0.2) is 0 Å². The predicted octanol–water partition coefficient (Wildman–Crippen LogP) is 3.46. The van der Waals surface area contributed by atoms with E-state index >= 15 is 0 Å². The summed E-state index contributed by atoms with van der Waals surface area (Å²) in [5.41, 5.74) is 9.14. The zero-order valence-electron chi connectivity index (χ0n) is 16.3. The number of amides is 2. The number of hydrazone groups is 2. The van der Waals surface area contributed by atoms with Gasteiger partial charge in [0.1, 0.15) is 0 Å². The van der Waals surface area contributed by atoms with E-state index in [0.717, 1.165) is 22.3 Å². The molecule has 0 heterocycles. The second-order valence-electron chi connectivity index (χ2n) is 6.62. The van der Waals surface area contributed by atoms with Crippen molar-refractivity contribution in [3.63, 3.8) is 0 Å². The SMILES string of the molecule is Cc1cccc(C=NNC(=O)CCCCC(=O)NN=Cc2cccc(C)c2)c1. The normalized spacial score (nSPS) is 11.1. The van der Waals surface area contributed by atoms with Gasteiger partial charge >= 0.3 is 0 Å². The third kappa shape index (κ3) is 8.40. The lowest BCUT2D eigenvalue weighted by atomic mass is 10.1. The number of hydrogen-bond donors (Lipinski definition) is 2. The van der Waals surface area contributed by atoms with Crippen molar-refractivity contribution < 1.29 is 9.59 Å². The summed E-state index contributed by atoms with van der Waals surface area (Å²) in [6.07, 6.45) is 5.10. The highest BCUT2D eigenvalue weighted by Gasteiger charge is 2.03. The van der Waals surface area contributed by atoms with E-state index in [1.807, 2.05) is 62.4 Å². The number of nitrogens with one attached hydrogen (secondary N) is 2. The van der Waals surface area contributed by atoms with E-state index in [4.69, 9.17) is 0 Å². The van der Waals surface area contributed by atoms with Crippen molar-refractivity contribution in [1.29, 1.82) is 0 Å². The first-order valence-electron chi connectivity index (χ1n) is 9.30. The molecule has 0 saturated heterocycles. The van der Waals surface area contributed by atoms with Crippen molar-refractivity contribution >= 4 is 24.2 Å². The molecule has 0 saturated carbocycles. The number of rotatable bonds is 9. The molecule has 0 aliphatic carbocycles. The Labute approximate surface area is 165 Å². The minimum atomic E-state index is -0.165. The van der Waals surface area contributed by atoms with Gasteiger partial charge in [-0.25, -0.2) is 10.9 Å². The fourth-order valence-electron chi connectivity index (χ4n) is 2.54. The summed E-state index contributed by atoms with van der Waals surface area (Å²) >= 11 is 0. The van der Waals surface area contributed by atoms with E-state index in [0.29, 0.717) is 25.7 Å². The van der Waals surface area contributed by atoms with Gasteiger partial charge in [-0.2, -0.15) is 10.2 Å². The molecule has 2 amide bonds. The second-order valence-corrected chi connectivity index (χ2v) is 6.62. The standard InChI is InChI=1S/C22H26N4O2/c1-17-7-5-9-19(13-17)15-23-25-21(27)11-3-4-12-22(28)26-24-16-20-10-6-8-18(2)14-20/h5-10,13-16H,3-4,11-12H2,1-2H3,(H,25,27)(H,26,28). The van der Waals surface area contributed by atoms with Crippen LogP contribution in [0.1, 0.15) is 47.9 Å². The summed E-state index contributed by atoms with van der Waals surface area (Å²) in [6, 6.07) is 15.7. The lowest BCUT2D eigenvalue weighted by Crippen LogP contribution is -2.19. The van der Waals surface area contributed by atoms with Crippen LogP contribution in [0.5, 0.6) is 0 Å². The maximum Gasteiger partial charge on any atom is 0.240 e. The van der Waals surface area contributed by atoms with E-state index in [-0.39, 0.29) is 11.8 Å². The highest BCUT2D eigenvalue weighted by atomic mass is 16.2. The van der Waals surface area contributed by atoms with Crippen molar-refractivity contribution in [2.75, 3.05) is 0 Å². The van der Waals surface area contributed by atoms with Crippen molar-refractivity contribution in [3.05, 3.63) is 70.8 Å². The Balaban J connectivity index is 1.58. The average Bonchev–Trinajstić information content (AvgIpc) is 2.65. The van der Waals surface area contributed by atoms with E-state index < -0.39 is 0 Å². The first-order chi connectivity index (χ1) is 13.5. The van der Waals surface area contributed by atoms with E-state index in [2.05, 4.69) is 21.1 Å². The molecule has 6 nitrogen and oxygen atoms in total. The van der Waals surface area contributed by atoms with Crippen LogP contribution in [0.4, 0.5) is 0 Å². The summed E-state index contributed by atoms with van der Waals surface area (Å²) in [5.74, 6) is -0.330. The number of nitrogens with zero attached hydrogens (tertiary/aromatic N) is 2. The van der Waals surface area contributed by atoms with Crippen LogP contribution in [0, 0.1) is 13.8 Å². The van der Waals surface area contributed by atoms with Gasteiger partial charge in [-0.05, 0) is 37.8 Å². The van der Waals surface area contributed by atoms with E-state index in [9.17, 15) is 9.59 Å². The zero-order chi connectivity index (χ0) is 20.2. The monoisotopic (exact) mass is 378 g/mol. The molecule has 0 bridgehead atoms. The third-order valence-corrected chi connectivity index (χ3v) is 3.95. The fourth-order valence-corrected chi connectivity index (χ4v) is 2.54. The Bertz CT molecular complexity index is 788. The lowest BCUT2D eigenvalue weighted by Gasteiger charge is -2.01. The smallest absolute Gasteiger partial charge is 0.240 e. The minimum absolute atomic E-state index is 0.165. The third-order valence-electron chi connectivity index (χ3n) is 3.95.